The minimum Gasteiger partial charge on any atom is -0.293 e. The third-order valence-electron chi connectivity index (χ3n) is 2.72. The maximum Gasteiger partial charge on any atom is 0.126 e. The highest BCUT2D eigenvalue weighted by molar-refractivity contribution is 7.09. The van der Waals surface area contributed by atoms with E-state index >= 15 is 0 Å². The Hall–Kier alpha value is -1.70. The molecular formula is C14H13FN2S. The molecule has 0 aliphatic heterocycles. The quantitative estimate of drug-likeness (QED) is 0.912. The Kier molecular flexibility index (Phi) is 4.08. The van der Waals surface area contributed by atoms with Crippen molar-refractivity contribution in [3.05, 3.63) is 57.5 Å². The second-order valence-corrected chi connectivity index (χ2v) is 5.06. The van der Waals surface area contributed by atoms with Gasteiger partial charge in [0.1, 0.15) is 11.9 Å². The van der Waals surface area contributed by atoms with E-state index in [9.17, 15) is 4.39 Å². The van der Waals surface area contributed by atoms with Crippen molar-refractivity contribution in [3.8, 4) is 6.07 Å². The zero-order valence-corrected chi connectivity index (χ0v) is 10.8. The predicted octanol–water partition coefficient (Wildman–Crippen LogP) is 3.55. The van der Waals surface area contributed by atoms with Crippen molar-refractivity contribution >= 4 is 11.3 Å². The van der Waals surface area contributed by atoms with Gasteiger partial charge in [-0.15, -0.1) is 11.3 Å². The number of aryl methyl sites for hydroxylation is 1. The molecule has 0 spiro atoms. The van der Waals surface area contributed by atoms with Gasteiger partial charge in [0.2, 0.25) is 0 Å². The van der Waals surface area contributed by atoms with Gasteiger partial charge in [-0.05, 0) is 35.6 Å². The van der Waals surface area contributed by atoms with Crippen LogP contribution in [-0.2, 0) is 6.54 Å². The number of nitriles is 1. The molecule has 2 rings (SSSR count). The Bertz CT molecular complexity index is 558. The molecule has 0 radical (unpaired) electrons. The molecule has 1 unspecified atom stereocenters. The SMILES string of the molecule is Cc1ccc(C(C#N)NCc2cccs2)cc1F. The predicted molar refractivity (Wildman–Crippen MR) is 70.6 cm³/mol. The van der Waals surface area contributed by atoms with Crippen LogP contribution in [0.15, 0.2) is 35.7 Å². The van der Waals surface area contributed by atoms with Crippen LogP contribution in [0.2, 0.25) is 0 Å². The van der Waals surface area contributed by atoms with Gasteiger partial charge in [-0.1, -0.05) is 18.2 Å². The van der Waals surface area contributed by atoms with Crippen LogP contribution in [0.3, 0.4) is 0 Å². The normalized spacial score (nSPS) is 12.1. The average Bonchev–Trinajstić information content (AvgIpc) is 2.87. The number of benzene rings is 1. The van der Waals surface area contributed by atoms with E-state index in [1.165, 1.54) is 6.07 Å². The van der Waals surface area contributed by atoms with Crippen molar-refractivity contribution in [2.45, 2.75) is 19.5 Å². The van der Waals surface area contributed by atoms with Gasteiger partial charge < -0.3 is 0 Å². The van der Waals surface area contributed by atoms with E-state index in [-0.39, 0.29) is 5.82 Å². The zero-order chi connectivity index (χ0) is 13.0. The zero-order valence-electron chi connectivity index (χ0n) is 9.98. The summed E-state index contributed by atoms with van der Waals surface area (Å²) in [4.78, 5) is 1.16. The first-order valence-electron chi connectivity index (χ1n) is 5.62. The van der Waals surface area contributed by atoms with Gasteiger partial charge in [-0.3, -0.25) is 5.32 Å². The molecule has 0 fully saturated rings. The highest BCUT2D eigenvalue weighted by Gasteiger charge is 2.11. The number of hydrogen-bond acceptors (Lipinski definition) is 3. The molecule has 1 N–H and O–H groups in total. The molecule has 1 atom stereocenters. The highest BCUT2D eigenvalue weighted by atomic mass is 32.1. The van der Waals surface area contributed by atoms with E-state index in [1.807, 2.05) is 17.5 Å². The molecule has 1 heterocycles. The first-order valence-corrected chi connectivity index (χ1v) is 6.50. The Morgan fingerprint density at radius 1 is 1.44 bits per heavy atom. The summed E-state index contributed by atoms with van der Waals surface area (Å²) in [5.41, 5.74) is 1.26. The molecule has 0 saturated heterocycles. The van der Waals surface area contributed by atoms with E-state index < -0.39 is 6.04 Å². The first-order chi connectivity index (χ1) is 8.70. The van der Waals surface area contributed by atoms with Gasteiger partial charge in [-0.25, -0.2) is 4.39 Å². The molecule has 2 aromatic rings. The topological polar surface area (TPSA) is 35.8 Å². The number of nitrogens with one attached hydrogen (secondary N) is 1. The summed E-state index contributed by atoms with van der Waals surface area (Å²) in [6.45, 7) is 2.32. The summed E-state index contributed by atoms with van der Waals surface area (Å²) >= 11 is 1.63. The van der Waals surface area contributed by atoms with Crippen LogP contribution in [0.25, 0.3) is 0 Å². The van der Waals surface area contributed by atoms with Crippen molar-refractivity contribution in [2.24, 2.45) is 0 Å². The Labute approximate surface area is 110 Å². The fourth-order valence-electron chi connectivity index (χ4n) is 1.64. The van der Waals surface area contributed by atoms with Crippen LogP contribution >= 0.6 is 11.3 Å². The van der Waals surface area contributed by atoms with Gasteiger partial charge in [0.25, 0.3) is 0 Å². The van der Waals surface area contributed by atoms with Crippen LogP contribution in [0.1, 0.15) is 22.0 Å². The van der Waals surface area contributed by atoms with Gasteiger partial charge in [-0.2, -0.15) is 5.26 Å². The summed E-state index contributed by atoms with van der Waals surface area (Å²) in [5, 5.41) is 14.2. The second kappa shape index (κ2) is 5.76. The Morgan fingerprint density at radius 2 is 2.28 bits per heavy atom. The largest absolute Gasteiger partial charge is 0.293 e. The van der Waals surface area contributed by atoms with E-state index in [1.54, 1.807) is 30.4 Å². The van der Waals surface area contributed by atoms with Gasteiger partial charge in [0, 0.05) is 11.4 Å². The van der Waals surface area contributed by atoms with E-state index in [0.29, 0.717) is 17.7 Å². The van der Waals surface area contributed by atoms with Crippen molar-refractivity contribution in [3.63, 3.8) is 0 Å². The van der Waals surface area contributed by atoms with Gasteiger partial charge in [0.05, 0.1) is 6.07 Å². The molecule has 0 amide bonds. The number of thiophene rings is 1. The maximum absolute atomic E-state index is 13.5. The van der Waals surface area contributed by atoms with Crippen LogP contribution in [0.5, 0.6) is 0 Å². The van der Waals surface area contributed by atoms with E-state index in [2.05, 4.69) is 11.4 Å². The molecule has 92 valence electrons. The molecule has 18 heavy (non-hydrogen) atoms. The smallest absolute Gasteiger partial charge is 0.126 e. The Morgan fingerprint density at radius 3 is 2.89 bits per heavy atom. The van der Waals surface area contributed by atoms with Crippen LogP contribution < -0.4 is 5.32 Å². The highest BCUT2D eigenvalue weighted by Crippen LogP contribution is 2.17. The molecule has 2 nitrogen and oxygen atoms in total. The lowest BCUT2D eigenvalue weighted by molar-refractivity contribution is 0.600. The molecule has 1 aromatic carbocycles. The monoisotopic (exact) mass is 260 g/mol. The summed E-state index contributed by atoms with van der Waals surface area (Å²) < 4.78 is 13.5. The molecule has 0 saturated carbocycles. The third-order valence-corrected chi connectivity index (χ3v) is 3.60. The van der Waals surface area contributed by atoms with Crippen LogP contribution in [0.4, 0.5) is 4.39 Å². The van der Waals surface area contributed by atoms with Crippen molar-refractivity contribution in [1.29, 1.82) is 5.26 Å². The molecule has 0 aliphatic rings. The fourth-order valence-corrected chi connectivity index (χ4v) is 2.30. The number of halogens is 1. The van der Waals surface area contributed by atoms with Crippen molar-refractivity contribution < 1.29 is 4.39 Å². The van der Waals surface area contributed by atoms with Crippen molar-refractivity contribution in [2.75, 3.05) is 0 Å². The fraction of sp³-hybridized carbons (Fsp3) is 0.214. The summed E-state index contributed by atoms with van der Waals surface area (Å²) in [6.07, 6.45) is 0. The molecule has 1 aromatic heterocycles. The standard InChI is InChI=1S/C14H13FN2S/c1-10-4-5-11(7-13(10)15)14(8-16)17-9-12-3-2-6-18-12/h2-7,14,17H,9H2,1H3. The van der Waals surface area contributed by atoms with E-state index in [4.69, 9.17) is 5.26 Å². The van der Waals surface area contributed by atoms with Gasteiger partial charge in [0.15, 0.2) is 0 Å². The summed E-state index contributed by atoms with van der Waals surface area (Å²) in [5.74, 6) is -0.273. The van der Waals surface area contributed by atoms with Crippen LogP contribution in [-0.4, -0.2) is 0 Å². The molecule has 0 aliphatic carbocycles. The third kappa shape index (κ3) is 2.95. The molecular weight excluding hydrogens is 247 g/mol. The van der Waals surface area contributed by atoms with E-state index in [0.717, 1.165) is 4.88 Å². The number of hydrogen-bond donors (Lipinski definition) is 1. The maximum atomic E-state index is 13.5. The molecule has 0 bridgehead atoms. The molecule has 4 heteroatoms. The van der Waals surface area contributed by atoms with Crippen LogP contribution in [0, 0.1) is 24.1 Å². The minimum atomic E-state index is -0.484. The summed E-state index contributed by atoms with van der Waals surface area (Å²) in [6, 6.07) is 10.5. The van der Waals surface area contributed by atoms with Gasteiger partial charge >= 0.3 is 0 Å². The lowest BCUT2D eigenvalue weighted by Gasteiger charge is -2.11. The second-order valence-electron chi connectivity index (χ2n) is 4.03. The Balaban J connectivity index is 2.08. The minimum absolute atomic E-state index is 0.273. The van der Waals surface area contributed by atoms with Crippen molar-refractivity contribution in [1.82, 2.24) is 5.32 Å². The lowest BCUT2D eigenvalue weighted by Crippen LogP contribution is -2.19. The first kappa shape index (κ1) is 12.7. The lowest BCUT2D eigenvalue weighted by atomic mass is 10.1. The summed E-state index contributed by atoms with van der Waals surface area (Å²) in [7, 11) is 0. The average molecular weight is 260 g/mol. The number of rotatable bonds is 4. The number of nitrogens with zero attached hydrogens (tertiary/aromatic N) is 1.